The first-order valence-corrected chi connectivity index (χ1v) is 11.1. The number of amides is 2. The van der Waals surface area contributed by atoms with E-state index in [4.69, 9.17) is 37.4 Å². The molecule has 1 aliphatic rings. The van der Waals surface area contributed by atoms with Gasteiger partial charge in [-0.2, -0.15) is 0 Å². The fourth-order valence-electron chi connectivity index (χ4n) is 3.35. The maximum absolute atomic E-state index is 15.0. The van der Waals surface area contributed by atoms with Gasteiger partial charge in [-0.05, 0) is 25.1 Å². The molecule has 0 radical (unpaired) electrons. The van der Waals surface area contributed by atoms with Crippen LogP contribution in [0.25, 0.3) is 11.1 Å². The molecule has 0 bridgehead atoms. The number of pyridine rings is 1. The second kappa shape index (κ2) is 11.9. The molecule has 8 nitrogen and oxygen atoms in total. The van der Waals surface area contributed by atoms with Crippen molar-refractivity contribution in [1.82, 2.24) is 15.6 Å². The smallest absolute Gasteiger partial charge is 0.272 e. The Kier molecular flexibility index (Phi) is 9.17. The second-order valence-corrected chi connectivity index (χ2v) is 8.49. The van der Waals surface area contributed by atoms with Gasteiger partial charge < -0.3 is 24.8 Å². The summed E-state index contributed by atoms with van der Waals surface area (Å²) >= 11 is 12.1. The number of hydrogen-bond acceptors (Lipinski definition) is 6. The molecule has 0 saturated carbocycles. The predicted octanol–water partition coefficient (Wildman–Crippen LogP) is 3.75. The highest BCUT2D eigenvalue weighted by atomic mass is 35.5. The molecular formula is C22H22Cl2F3N3O5. The van der Waals surface area contributed by atoms with Gasteiger partial charge in [0.25, 0.3) is 6.43 Å². The van der Waals surface area contributed by atoms with Gasteiger partial charge in [0, 0.05) is 29.5 Å². The number of hydrogen-bond donors (Lipinski definition) is 2. The van der Waals surface area contributed by atoms with Crippen LogP contribution in [0.4, 0.5) is 13.2 Å². The van der Waals surface area contributed by atoms with Crippen molar-refractivity contribution in [3.63, 3.8) is 0 Å². The lowest BCUT2D eigenvalue weighted by Crippen LogP contribution is -2.58. The minimum atomic E-state index is -2.75. The summed E-state index contributed by atoms with van der Waals surface area (Å²) in [5, 5.41) is 5.32. The van der Waals surface area contributed by atoms with Crippen molar-refractivity contribution >= 4 is 35.0 Å². The lowest BCUT2D eigenvalue weighted by atomic mass is 10.0. The number of methoxy groups -OCH3 is 1. The Balaban J connectivity index is 1.74. The van der Waals surface area contributed by atoms with Gasteiger partial charge in [0.2, 0.25) is 11.8 Å². The average Bonchev–Trinajstić information content (AvgIpc) is 2.75. The summed E-state index contributed by atoms with van der Waals surface area (Å²) in [6.07, 6.45) is -2.27. The highest BCUT2D eigenvalue weighted by Crippen LogP contribution is 2.39. The van der Waals surface area contributed by atoms with Gasteiger partial charge in [0.15, 0.2) is 0 Å². The minimum Gasteiger partial charge on any atom is -0.485 e. The van der Waals surface area contributed by atoms with Crippen LogP contribution in [0.2, 0.25) is 10.0 Å². The molecule has 2 unspecified atom stereocenters. The van der Waals surface area contributed by atoms with Crippen LogP contribution >= 0.6 is 23.2 Å². The number of halogens is 5. The number of ether oxygens (including phenoxy) is 3. The van der Waals surface area contributed by atoms with Gasteiger partial charge in [-0.3, -0.25) is 14.6 Å². The van der Waals surface area contributed by atoms with Crippen molar-refractivity contribution < 1.29 is 37.0 Å². The number of nitrogens with one attached hydrogen (secondary N) is 2. The van der Waals surface area contributed by atoms with E-state index in [1.807, 2.05) is 0 Å². The van der Waals surface area contributed by atoms with E-state index >= 15 is 0 Å². The van der Waals surface area contributed by atoms with E-state index in [1.54, 1.807) is 0 Å². The highest BCUT2D eigenvalue weighted by molar-refractivity contribution is 6.36. The number of rotatable bonds is 10. The summed E-state index contributed by atoms with van der Waals surface area (Å²) in [4.78, 5) is 28.3. The largest absolute Gasteiger partial charge is 0.485 e. The van der Waals surface area contributed by atoms with Crippen molar-refractivity contribution in [3.05, 3.63) is 46.0 Å². The van der Waals surface area contributed by atoms with Gasteiger partial charge >= 0.3 is 0 Å². The summed E-state index contributed by atoms with van der Waals surface area (Å²) in [6, 6.07) is 3.00. The Morgan fingerprint density at radius 3 is 2.63 bits per heavy atom. The van der Waals surface area contributed by atoms with Crippen molar-refractivity contribution in [1.29, 1.82) is 0 Å². The monoisotopic (exact) mass is 535 g/mol. The molecule has 2 N–H and O–H groups in total. The first-order chi connectivity index (χ1) is 16.6. The quantitative estimate of drug-likeness (QED) is 0.480. The molecule has 35 heavy (non-hydrogen) atoms. The number of alkyl halides is 2. The van der Waals surface area contributed by atoms with Crippen LogP contribution in [-0.4, -0.2) is 56.4 Å². The fourth-order valence-corrected chi connectivity index (χ4v) is 3.89. The molecule has 13 heteroatoms. The minimum absolute atomic E-state index is 0.0203. The average molecular weight is 536 g/mol. The summed E-state index contributed by atoms with van der Waals surface area (Å²) < 4.78 is 55.3. The molecule has 3 atom stereocenters. The first-order valence-electron chi connectivity index (χ1n) is 10.4. The molecule has 1 aromatic carbocycles. The maximum Gasteiger partial charge on any atom is 0.272 e. The standard InChI is InChI=1S/C22H22Cl2F3N3O5/c1-10(29-21(32)14-7-35-22(14)30-18(31)9-33-2)19-16(25)3-11(6-28-19)13-4-12(23)5-15(24)20(13)34-8-17(26)27/h3-6,10,14,17,22H,7-9H2,1-2H3,(H,29,32)(H,30,31)/t10-,14?,22?/m1/s1. The predicted molar refractivity (Wildman–Crippen MR) is 121 cm³/mol. The zero-order chi connectivity index (χ0) is 25.7. The molecule has 2 aromatic rings. The Hall–Kier alpha value is -2.60. The molecule has 1 aromatic heterocycles. The molecule has 1 saturated heterocycles. The molecule has 1 aliphatic heterocycles. The normalized spacial score (nSPS) is 18.1. The molecule has 0 spiro atoms. The van der Waals surface area contributed by atoms with E-state index in [2.05, 4.69) is 15.6 Å². The summed E-state index contributed by atoms with van der Waals surface area (Å²) in [5.41, 5.74) is 0.302. The number of benzene rings is 1. The van der Waals surface area contributed by atoms with Gasteiger partial charge in [-0.1, -0.05) is 23.2 Å². The Morgan fingerprint density at radius 1 is 1.29 bits per heavy atom. The van der Waals surface area contributed by atoms with E-state index in [1.165, 1.54) is 32.4 Å². The van der Waals surface area contributed by atoms with E-state index in [-0.39, 0.29) is 45.8 Å². The van der Waals surface area contributed by atoms with Gasteiger partial charge in [0.1, 0.15) is 36.9 Å². The molecule has 0 aliphatic carbocycles. The zero-order valence-electron chi connectivity index (χ0n) is 18.6. The van der Waals surface area contributed by atoms with Crippen LogP contribution in [0.1, 0.15) is 18.7 Å². The molecule has 2 amide bonds. The van der Waals surface area contributed by atoms with Crippen LogP contribution in [-0.2, 0) is 19.1 Å². The lowest BCUT2D eigenvalue weighted by Gasteiger charge is -2.36. The van der Waals surface area contributed by atoms with Crippen LogP contribution in [0, 0.1) is 11.7 Å². The van der Waals surface area contributed by atoms with E-state index in [0.29, 0.717) is 0 Å². The Bertz CT molecular complexity index is 1090. The summed E-state index contributed by atoms with van der Waals surface area (Å²) in [6.45, 7) is 0.527. The molecule has 3 rings (SSSR count). The van der Waals surface area contributed by atoms with Crippen molar-refractivity contribution in [2.45, 2.75) is 25.6 Å². The Labute approximate surface area is 209 Å². The summed E-state index contributed by atoms with van der Waals surface area (Å²) in [7, 11) is 1.36. The molecule has 1 fully saturated rings. The SMILES string of the molecule is COCC(=O)NC1OCC1C(=O)N[C@H](C)c1ncc(-c2cc(Cl)cc(Cl)c2OCC(F)F)cc1F. The zero-order valence-corrected chi connectivity index (χ0v) is 20.1. The van der Waals surface area contributed by atoms with Crippen LogP contribution < -0.4 is 15.4 Å². The number of aromatic nitrogens is 1. The van der Waals surface area contributed by atoms with Gasteiger partial charge in [-0.15, -0.1) is 0 Å². The summed E-state index contributed by atoms with van der Waals surface area (Å²) in [5.74, 6) is -2.41. The molecular weight excluding hydrogens is 514 g/mol. The van der Waals surface area contributed by atoms with Crippen molar-refractivity contribution in [2.75, 3.05) is 26.9 Å². The van der Waals surface area contributed by atoms with Crippen molar-refractivity contribution in [3.8, 4) is 16.9 Å². The van der Waals surface area contributed by atoms with Crippen molar-refractivity contribution in [2.24, 2.45) is 5.92 Å². The number of carbonyl (C=O) groups is 2. The number of nitrogens with zero attached hydrogens (tertiary/aromatic N) is 1. The number of carbonyl (C=O) groups excluding carboxylic acids is 2. The highest BCUT2D eigenvalue weighted by Gasteiger charge is 2.39. The maximum atomic E-state index is 15.0. The molecule has 190 valence electrons. The van der Waals surface area contributed by atoms with Crippen LogP contribution in [0.3, 0.4) is 0 Å². The third-order valence-corrected chi connectivity index (χ3v) is 5.55. The first kappa shape index (κ1) is 27.0. The van der Waals surface area contributed by atoms with Crippen LogP contribution in [0.15, 0.2) is 24.4 Å². The van der Waals surface area contributed by atoms with Gasteiger partial charge in [0.05, 0.1) is 23.4 Å². The van der Waals surface area contributed by atoms with E-state index < -0.39 is 48.9 Å². The third-order valence-electron chi connectivity index (χ3n) is 5.05. The fraction of sp³-hybridized carbons (Fsp3) is 0.409. The second-order valence-electron chi connectivity index (χ2n) is 7.65. The van der Waals surface area contributed by atoms with Gasteiger partial charge in [-0.25, -0.2) is 13.2 Å². The van der Waals surface area contributed by atoms with Crippen LogP contribution in [0.5, 0.6) is 5.75 Å². The third kappa shape index (κ3) is 6.75. The van der Waals surface area contributed by atoms with E-state index in [0.717, 1.165) is 6.07 Å². The Morgan fingerprint density at radius 2 is 2.03 bits per heavy atom. The lowest BCUT2D eigenvalue weighted by molar-refractivity contribution is -0.168. The topological polar surface area (TPSA) is 98.8 Å². The molecule has 2 heterocycles. The van der Waals surface area contributed by atoms with E-state index in [9.17, 15) is 22.8 Å².